The largest absolute Gasteiger partial charge is 0.453 e. The monoisotopic (exact) mass is 276 g/mol. The van der Waals surface area contributed by atoms with Crippen LogP contribution in [-0.4, -0.2) is 43.1 Å². The number of nitrogens with one attached hydrogen (secondary N) is 1. The van der Waals surface area contributed by atoms with Crippen LogP contribution in [0.3, 0.4) is 0 Å². The molecule has 0 unspecified atom stereocenters. The van der Waals surface area contributed by atoms with Gasteiger partial charge in [-0.2, -0.15) is 0 Å². The Hall–Kier alpha value is -2.04. The molecule has 1 atom stereocenters. The van der Waals surface area contributed by atoms with Crippen LogP contribution in [0.5, 0.6) is 0 Å². The fourth-order valence-electron chi connectivity index (χ4n) is 2.59. The van der Waals surface area contributed by atoms with E-state index in [1.165, 1.54) is 18.2 Å². The van der Waals surface area contributed by atoms with Crippen LogP contribution in [0.15, 0.2) is 24.3 Å². The zero-order chi connectivity index (χ0) is 14.7. The Morgan fingerprint density at radius 1 is 1.30 bits per heavy atom. The summed E-state index contributed by atoms with van der Waals surface area (Å²) in [5, 5.41) is 2.50. The van der Waals surface area contributed by atoms with Crippen LogP contribution in [0.25, 0.3) is 0 Å². The number of likely N-dealkylation sites (N-methyl/N-ethyl adjacent to an activating group) is 1. The molecule has 1 aliphatic rings. The average Bonchev–Trinajstić information content (AvgIpc) is 2.89. The Kier molecular flexibility index (Phi) is 4.27. The summed E-state index contributed by atoms with van der Waals surface area (Å²) >= 11 is 0. The topological polar surface area (TPSA) is 58.6 Å². The van der Waals surface area contributed by atoms with Crippen molar-refractivity contribution in [1.29, 1.82) is 0 Å². The molecule has 0 aliphatic heterocycles. The molecule has 0 saturated heterocycles. The fraction of sp³-hybridized carbons (Fsp3) is 0.467. The maximum atomic E-state index is 12.3. The van der Waals surface area contributed by atoms with E-state index < -0.39 is 12.1 Å². The molecule has 1 N–H and O–H groups in total. The highest BCUT2D eigenvalue weighted by atomic mass is 16.5. The number of rotatable bonds is 3. The number of alkyl carbamates (subject to hydrolysis) is 1. The lowest BCUT2D eigenvalue weighted by Gasteiger charge is -2.27. The molecule has 20 heavy (non-hydrogen) atoms. The molecule has 0 spiro atoms. The van der Waals surface area contributed by atoms with Crippen molar-refractivity contribution in [2.24, 2.45) is 0 Å². The van der Waals surface area contributed by atoms with Crippen LogP contribution < -0.4 is 5.32 Å². The maximum Gasteiger partial charge on any atom is 0.407 e. The molecule has 0 saturated carbocycles. The molecular formula is C15H20N2O3. The minimum Gasteiger partial charge on any atom is -0.453 e. The zero-order valence-corrected chi connectivity index (χ0v) is 12.1. The fourth-order valence-corrected chi connectivity index (χ4v) is 2.59. The molecule has 1 aromatic carbocycles. The molecule has 5 heteroatoms. The Morgan fingerprint density at radius 2 is 1.85 bits per heavy atom. The van der Waals surface area contributed by atoms with Crippen LogP contribution >= 0.6 is 0 Å². The smallest absolute Gasteiger partial charge is 0.407 e. The molecule has 108 valence electrons. The van der Waals surface area contributed by atoms with Crippen molar-refractivity contribution in [2.45, 2.75) is 31.8 Å². The van der Waals surface area contributed by atoms with Crippen molar-refractivity contribution in [3.05, 3.63) is 35.4 Å². The SMILES string of the molecule is COC(=O)N[C@H](C)C(=O)N(C)C1Cc2ccccc2C1. The molecule has 1 aromatic rings. The second kappa shape index (κ2) is 5.94. The van der Waals surface area contributed by atoms with Gasteiger partial charge in [-0.25, -0.2) is 4.79 Å². The van der Waals surface area contributed by atoms with Crippen molar-refractivity contribution < 1.29 is 14.3 Å². The lowest BCUT2D eigenvalue weighted by Crippen LogP contribution is -2.49. The Bertz CT molecular complexity index is 491. The van der Waals surface area contributed by atoms with E-state index in [9.17, 15) is 9.59 Å². The van der Waals surface area contributed by atoms with Gasteiger partial charge in [-0.15, -0.1) is 0 Å². The van der Waals surface area contributed by atoms with E-state index in [0.29, 0.717) is 0 Å². The van der Waals surface area contributed by atoms with Crippen molar-refractivity contribution in [1.82, 2.24) is 10.2 Å². The summed E-state index contributed by atoms with van der Waals surface area (Å²) in [6.45, 7) is 1.66. The Balaban J connectivity index is 1.97. The zero-order valence-electron chi connectivity index (χ0n) is 12.1. The standard InChI is InChI=1S/C15H20N2O3/c1-10(16-15(19)20-3)14(18)17(2)13-8-11-6-4-5-7-12(11)9-13/h4-7,10,13H,8-9H2,1-3H3,(H,16,19)/t10-/m1/s1. The lowest BCUT2D eigenvalue weighted by molar-refractivity contribution is -0.133. The minimum absolute atomic E-state index is 0.104. The van der Waals surface area contributed by atoms with Gasteiger partial charge in [-0.3, -0.25) is 4.79 Å². The molecule has 0 aromatic heterocycles. The highest BCUT2D eigenvalue weighted by Crippen LogP contribution is 2.24. The molecule has 0 fully saturated rings. The number of fused-ring (bicyclic) bond motifs is 1. The van der Waals surface area contributed by atoms with Crippen molar-refractivity contribution in [3.63, 3.8) is 0 Å². The predicted molar refractivity (Wildman–Crippen MR) is 75.4 cm³/mol. The molecule has 0 heterocycles. The van der Waals surface area contributed by atoms with Crippen LogP contribution in [0.4, 0.5) is 4.79 Å². The van der Waals surface area contributed by atoms with Gasteiger partial charge in [0.2, 0.25) is 5.91 Å². The van der Waals surface area contributed by atoms with Gasteiger partial charge in [0.15, 0.2) is 0 Å². The van der Waals surface area contributed by atoms with Gasteiger partial charge in [-0.05, 0) is 30.9 Å². The number of amides is 2. The number of nitrogens with zero attached hydrogens (tertiary/aromatic N) is 1. The third-order valence-corrected chi connectivity index (χ3v) is 3.81. The van der Waals surface area contributed by atoms with Crippen molar-refractivity contribution in [3.8, 4) is 0 Å². The first-order valence-electron chi connectivity index (χ1n) is 6.71. The summed E-state index contributed by atoms with van der Waals surface area (Å²) in [6.07, 6.45) is 1.14. The second-order valence-electron chi connectivity index (χ2n) is 5.14. The first-order valence-corrected chi connectivity index (χ1v) is 6.71. The highest BCUT2D eigenvalue weighted by Gasteiger charge is 2.29. The predicted octanol–water partition coefficient (Wildman–Crippen LogP) is 1.36. The molecule has 0 radical (unpaired) electrons. The third kappa shape index (κ3) is 2.92. The molecular weight excluding hydrogens is 256 g/mol. The number of methoxy groups -OCH3 is 1. The van der Waals surface area contributed by atoms with Gasteiger partial charge in [0.1, 0.15) is 6.04 Å². The van der Waals surface area contributed by atoms with E-state index in [1.54, 1.807) is 18.9 Å². The van der Waals surface area contributed by atoms with Crippen LogP contribution in [-0.2, 0) is 22.4 Å². The number of carbonyl (C=O) groups excluding carboxylic acids is 2. The maximum absolute atomic E-state index is 12.3. The summed E-state index contributed by atoms with van der Waals surface area (Å²) in [5.41, 5.74) is 2.59. The quantitative estimate of drug-likeness (QED) is 0.906. The average molecular weight is 276 g/mol. The van der Waals surface area contributed by atoms with E-state index in [2.05, 4.69) is 22.2 Å². The molecule has 2 amide bonds. The van der Waals surface area contributed by atoms with Gasteiger partial charge < -0.3 is 15.0 Å². The highest BCUT2D eigenvalue weighted by molar-refractivity contribution is 5.85. The van der Waals surface area contributed by atoms with Gasteiger partial charge in [0.25, 0.3) is 0 Å². The number of benzene rings is 1. The van der Waals surface area contributed by atoms with E-state index in [0.717, 1.165) is 12.8 Å². The van der Waals surface area contributed by atoms with E-state index >= 15 is 0 Å². The lowest BCUT2D eigenvalue weighted by atomic mass is 10.1. The summed E-state index contributed by atoms with van der Waals surface area (Å²) in [4.78, 5) is 25.2. The summed E-state index contributed by atoms with van der Waals surface area (Å²) in [5.74, 6) is -0.104. The Morgan fingerprint density at radius 3 is 2.35 bits per heavy atom. The van der Waals surface area contributed by atoms with Crippen LogP contribution in [0.1, 0.15) is 18.1 Å². The first-order chi connectivity index (χ1) is 9.52. The molecule has 1 aliphatic carbocycles. The summed E-state index contributed by atoms with van der Waals surface area (Å²) in [7, 11) is 3.07. The Labute approximate surface area is 118 Å². The van der Waals surface area contributed by atoms with Gasteiger partial charge >= 0.3 is 6.09 Å². The van der Waals surface area contributed by atoms with Crippen molar-refractivity contribution >= 4 is 12.0 Å². The normalized spacial score (nSPS) is 15.3. The number of hydrogen-bond acceptors (Lipinski definition) is 3. The van der Waals surface area contributed by atoms with E-state index in [4.69, 9.17) is 0 Å². The van der Waals surface area contributed by atoms with E-state index in [1.807, 2.05) is 12.1 Å². The second-order valence-corrected chi connectivity index (χ2v) is 5.14. The number of carbonyl (C=O) groups is 2. The van der Waals surface area contributed by atoms with Gasteiger partial charge in [-0.1, -0.05) is 24.3 Å². The molecule has 0 bridgehead atoms. The van der Waals surface area contributed by atoms with Crippen molar-refractivity contribution in [2.75, 3.05) is 14.2 Å². The number of ether oxygens (including phenoxy) is 1. The van der Waals surface area contributed by atoms with Crippen LogP contribution in [0.2, 0.25) is 0 Å². The van der Waals surface area contributed by atoms with Gasteiger partial charge in [0.05, 0.1) is 7.11 Å². The molecule has 2 rings (SSSR count). The van der Waals surface area contributed by atoms with E-state index in [-0.39, 0.29) is 11.9 Å². The third-order valence-electron chi connectivity index (χ3n) is 3.81. The van der Waals surface area contributed by atoms with Crippen LogP contribution in [0, 0.1) is 0 Å². The van der Waals surface area contributed by atoms with Gasteiger partial charge in [0, 0.05) is 13.1 Å². The first kappa shape index (κ1) is 14.4. The molecule has 5 nitrogen and oxygen atoms in total. The minimum atomic E-state index is -0.589. The number of hydrogen-bond donors (Lipinski definition) is 1. The summed E-state index contributed by atoms with van der Waals surface area (Å²) in [6, 6.07) is 7.81. The summed E-state index contributed by atoms with van der Waals surface area (Å²) < 4.78 is 4.51.